The number of carboxylic acids is 1. The lowest BCUT2D eigenvalue weighted by atomic mass is 9.95. The van der Waals surface area contributed by atoms with Crippen LogP contribution in [0.3, 0.4) is 0 Å². The van der Waals surface area contributed by atoms with Crippen LogP contribution in [0.4, 0.5) is 0 Å². The Balaban J connectivity index is 2.89. The first-order chi connectivity index (χ1) is 7.50. The van der Waals surface area contributed by atoms with Crippen molar-refractivity contribution in [3.05, 3.63) is 41.0 Å². The fourth-order valence-corrected chi connectivity index (χ4v) is 2.08. The summed E-state index contributed by atoms with van der Waals surface area (Å²) in [6.45, 7) is 3.55. The lowest BCUT2D eigenvalue weighted by molar-refractivity contribution is 0.0695. The van der Waals surface area contributed by atoms with Crippen LogP contribution in [0.5, 0.6) is 5.75 Å². The van der Waals surface area contributed by atoms with Crippen molar-refractivity contribution in [1.82, 2.24) is 0 Å². The number of carboxylic acid groups (broad SMARTS) is 1. The maximum absolute atomic E-state index is 11.1. The number of carbonyl (C=O) groups is 1. The summed E-state index contributed by atoms with van der Waals surface area (Å²) in [5.41, 5.74) is 1.80. The van der Waals surface area contributed by atoms with Gasteiger partial charge in [-0.25, -0.2) is 4.79 Å². The molecule has 0 bridgehead atoms. The molecule has 0 saturated heterocycles. The topological polar surface area (TPSA) is 57.5 Å². The van der Waals surface area contributed by atoms with Crippen LogP contribution in [0.15, 0.2) is 24.3 Å². The predicted molar refractivity (Wildman–Crippen MR) is 62.0 cm³/mol. The standard InChI is InChI=1S/C13H12O3/c1-7-5-9-6-10(14)3-4-11(9)8(2)12(7)13(15)16/h3-6,14H,1-2H3,(H,15,16). The number of aromatic carboxylic acids is 1. The van der Waals surface area contributed by atoms with Crippen LogP contribution >= 0.6 is 0 Å². The second kappa shape index (κ2) is 3.52. The molecule has 0 aromatic heterocycles. The van der Waals surface area contributed by atoms with Gasteiger partial charge in [0.1, 0.15) is 5.75 Å². The van der Waals surface area contributed by atoms with E-state index in [1.807, 2.05) is 0 Å². The van der Waals surface area contributed by atoms with Crippen molar-refractivity contribution in [3.8, 4) is 5.75 Å². The van der Waals surface area contributed by atoms with E-state index in [0.717, 1.165) is 16.3 Å². The predicted octanol–water partition coefficient (Wildman–Crippen LogP) is 2.86. The second-order valence-electron chi connectivity index (χ2n) is 3.90. The molecule has 0 amide bonds. The summed E-state index contributed by atoms with van der Waals surface area (Å²) < 4.78 is 0. The summed E-state index contributed by atoms with van der Waals surface area (Å²) in [4.78, 5) is 11.1. The number of phenols is 1. The van der Waals surface area contributed by atoms with E-state index in [1.54, 1.807) is 38.1 Å². The fourth-order valence-electron chi connectivity index (χ4n) is 2.08. The van der Waals surface area contributed by atoms with Gasteiger partial charge in [0.15, 0.2) is 0 Å². The Bertz CT molecular complexity index is 585. The zero-order chi connectivity index (χ0) is 11.9. The molecular weight excluding hydrogens is 204 g/mol. The molecule has 0 atom stereocenters. The molecule has 16 heavy (non-hydrogen) atoms. The van der Waals surface area contributed by atoms with Gasteiger partial charge in [0.25, 0.3) is 0 Å². The number of hydrogen-bond acceptors (Lipinski definition) is 2. The molecular formula is C13H12O3. The summed E-state index contributed by atoms with van der Waals surface area (Å²) in [5, 5.41) is 20.2. The highest BCUT2D eigenvalue weighted by Crippen LogP contribution is 2.27. The van der Waals surface area contributed by atoms with E-state index in [1.165, 1.54) is 0 Å². The Hall–Kier alpha value is -2.03. The number of hydrogen-bond donors (Lipinski definition) is 2. The maximum atomic E-state index is 11.1. The quantitative estimate of drug-likeness (QED) is 0.770. The lowest BCUT2D eigenvalue weighted by Gasteiger charge is -2.09. The Morgan fingerprint density at radius 1 is 1.19 bits per heavy atom. The molecule has 0 fully saturated rings. The molecule has 0 heterocycles. The van der Waals surface area contributed by atoms with Gasteiger partial charge in [-0.05, 0) is 47.9 Å². The van der Waals surface area contributed by atoms with Crippen LogP contribution in [0, 0.1) is 13.8 Å². The maximum Gasteiger partial charge on any atom is 0.336 e. The lowest BCUT2D eigenvalue weighted by Crippen LogP contribution is -2.03. The molecule has 0 unspecified atom stereocenters. The third-order valence-corrected chi connectivity index (χ3v) is 2.79. The third kappa shape index (κ3) is 1.50. The van der Waals surface area contributed by atoms with E-state index in [0.29, 0.717) is 11.1 Å². The number of benzene rings is 2. The summed E-state index contributed by atoms with van der Waals surface area (Å²) in [6.07, 6.45) is 0. The molecule has 0 spiro atoms. The fraction of sp³-hybridized carbons (Fsp3) is 0.154. The number of rotatable bonds is 1. The Morgan fingerprint density at radius 2 is 1.88 bits per heavy atom. The first-order valence-corrected chi connectivity index (χ1v) is 4.97. The van der Waals surface area contributed by atoms with Crippen LogP contribution in [-0.4, -0.2) is 16.2 Å². The monoisotopic (exact) mass is 216 g/mol. The van der Waals surface area contributed by atoms with E-state index < -0.39 is 5.97 Å². The van der Waals surface area contributed by atoms with Crippen molar-refractivity contribution in [1.29, 1.82) is 0 Å². The zero-order valence-electron chi connectivity index (χ0n) is 9.11. The Kier molecular flexibility index (Phi) is 2.31. The van der Waals surface area contributed by atoms with Gasteiger partial charge in [0.2, 0.25) is 0 Å². The molecule has 2 N–H and O–H groups in total. The van der Waals surface area contributed by atoms with E-state index in [-0.39, 0.29) is 5.75 Å². The van der Waals surface area contributed by atoms with E-state index in [4.69, 9.17) is 5.11 Å². The number of phenolic OH excluding ortho intramolecular Hbond substituents is 1. The van der Waals surface area contributed by atoms with Crippen molar-refractivity contribution in [2.75, 3.05) is 0 Å². The second-order valence-corrected chi connectivity index (χ2v) is 3.90. The number of aryl methyl sites for hydroxylation is 2. The first-order valence-electron chi connectivity index (χ1n) is 4.97. The molecule has 0 aliphatic heterocycles. The van der Waals surface area contributed by atoms with Gasteiger partial charge >= 0.3 is 5.97 Å². The molecule has 2 rings (SSSR count). The molecule has 0 saturated carbocycles. The highest BCUT2D eigenvalue weighted by Gasteiger charge is 2.13. The minimum atomic E-state index is -0.912. The first kappa shape index (κ1) is 10.5. The van der Waals surface area contributed by atoms with E-state index in [9.17, 15) is 9.90 Å². The van der Waals surface area contributed by atoms with Crippen molar-refractivity contribution in [2.45, 2.75) is 13.8 Å². The Labute approximate surface area is 93.0 Å². The van der Waals surface area contributed by atoms with Gasteiger partial charge in [0, 0.05) is 0 Å². The molecule has 3 nitrogen and oxygen atoms in total. The van der Waals surface area contributed by atoms with Gasteiger partial charge in [-0.2, -0.15) is 0 Å². The molecule has 82 valence electrons. The number of aromatic hydroxyl groups is 1. The van der Waals surface area contributed by atoms with Crippen LogP contribution < -0.4 is 0 Å². The minimum absolute atomic E-state index is 0.189. The summed E-state index contributed by atoms with van der Waals surface area (Å²) >= 11 is 0. The van der Waals surface area contributed by atoms with Crippen LogP contribution in [0.2, 0.25) is 0 Å². The normalized spacial score (nSPS) is 10.6. The van der Waals surface area contributed by atoms with Crippen LogP contribution in [0.25, 0.3) is 10.8 Å². The SMILES string of the molecule is Cc1cc2cc(O)ccc2c(C)c1C(=O)O. The van der Waals surface area contributed by atoms with Crippen LogP contribution in [0.1, 0.15) is 21.5 Å². The number of fused-ring (bicyclic) bond motifs is 1. The molecule has 2 aromatic carbocycles. The van der Waals surface area contributed by atoms with Gasteiger partial charge in [-0.15, -0.1) is 0 Å². The van der Waals surface area contributed by atoms with Crippen molar-refractivity contribution >= 4 is 16.7 Å². The summed E-state index contributed by atoms with van der Waals surface area (Å²) in [5.74, 6) is -0.723. The highest BCUT2D eigenvalue weighted by atomic mass is 16.4. The van der Waals surface area contributed by atoms with E-state index >= 15 is 0 Å². The smallest absolute Gasteiger partial charge is 0.336 e. The molecule has 2 aromatic rings. The highest BCUT2D eigenvalue weighted by molar-refractivity contribution is 5.99. The van der Waals surface area contributed by atoms with Crippen molar-refractivity contribution in [2.24, 2.45) is 0 Å². The summed E-state index contributed by atoms with van der Waals surface area (Å²) in [6, 6.07) is 6.73. The largest absolute Gasteiger partial charge is 0.508 e. The van der Waals surface area contributed by atoms with E-state index in [2.05, 4.69) is 0 Å². The third-order valence-electron chi connectivity index (χ3n) is 2.79. The van der Waals surface area contributed by atoms with Crippen molar-refractivity contribution < 1.29 is 15.0 Å². The van der Waals surface area contributed by atoms with Gasteiger partial charge in [-0.1, -0.05) is 12.1 Å². The van der Waals surface area contributed by atoms with Gasteiger partial charge < -0.3 is 10.2 Å². The van der Waals surface area contributed by atoms with Gasteiger partial charge in [-0.3, -0.25) is 0 Å². The van der Waals surface area contributed by atoms with Crippen LogP contribution in [-0.2, 0) is 0 Å². The molecule has 0 aliphatic rings. The average molecular weight is 216 g/mol. The van der Waals surface area contributed by atoms with Crippen molar-refractivity contribution in [3.63, 3.8) is 0 Å². The zero-order valence-corrected chi connectivity index (χ0v) is 9.11. The summed E-state index contributed by atoms with van der Waals surface area (Å²) in [7, 11) is 0. The molecule has 0 radical (unpaired) electrons. The minimum Gasteiger partial charge on any atom is -0.508 e. The molecule has 3 heteroatoms. The van der Waals surface area contributed by atoms with Gasteiger partial charge in [0.05, 0.1) is 5.56 Å². The molecule has 0 aliphatic carbocycles. The average Bonchev–Trinajstić information content (AvgIpc) is 2.15. The Morgan fingerprint density at radius 3 is 2.50 bits per heavy atom.